The van der Waals surface area contributed by atoms with Gasteiger partial charge < -0.3 is 0 Å². The number of aryl methyl sites for hydroxylation is 2. The zero-order valence-corrected chi connectivity index (χ0v) is 14.1. The second-order valence-corrected chi connectivity index (χ2v) is 6.53. The van der Waals surface area contributed by atoms with Crippen LogP contribution in [-0.4, -0.2) is 24.7 Å². The smallest absolute Gasteiger partial charge is 0.117 e. The van der Waals surface area contributed by atoms with E-state index in [2.05, 4.69) is 20.1 Å². The largest absolute Gasteiger partial charge is 0.275 e. The van der Waals surface area contributed by atoms with E-state index in [-0.39, 0.29) is 0 Å². The molecule has 0 aliphatic rings. The quantitative estimate of drug-likeness (QED) is 0.550. The molecule has 3 aromatic heterocycles. The Balaban J connectivity index is 1.97. The Morgan fingerprint density at radius 2 is 2.04 bits per heavy atom. The molecule has 1 aromatic carbocycles. The number of halogens is 1. The minimum atomic E-state index is 0.619. The summed E-state index contributed by atoms with van der Waals surface area (Å²) in [4.78, 5) is 13.5. The van der Waals surface area contributed by atoms with E-state index in [4.69, 9.17) is 11.6 Å². The summed E-state index contributed by atoms with van der Waals surface area (Å²) in [6.07, 6.45) is 3.65. The average molecular weight is 342 g/mol. The zero-order chi connectivity index (χ0) is 16.0. The van der Waals surface area contributed by atoms with Crippen LogP contribution in [0.4, 0.5) is 0 Å². The Hall–Kier alpha value is -2.31. The molecule has 0 spiro atoms. The van der Waals surface area contributed by atoms with Gasteiger partial charge in [0.2, 0.25) is 0 Å². The molecule has 0 aliphatic heterocycles. The summed E-state index contributed by atoms with van der Waals surface area (Å²) in [5.41, 5.74) is 6.69. The minimum Gasteiger partial charge on any atom is -0.275 e. The molecule has 0 radical (unpaired) electrons. The van der Waals surface area contributed by atoms with Gasteiger partial charge in [0, 0.05) is 25.0 Å². The summed E-state index contributed by atoms with van der Waals surface area (Å²) in [7, 11) is 1.88. The number of benzene rings is 1. The molecule has 0 saturated carbocycles. The second kappa shape index (κ2) is 5.40. The van der Waals surface area contributed by atoms with E-state index in [1.807, 2.05) is 38.4 Å². The Morgan fingerprint density at radius 1 is 1.17 bits per heavy atom. The molecule has 0 amide bonds. The summed E-state index contributed by atoms with van der Waals surface area (Å²) in [6.45, 7) is 1.92. The molecule has 0 fully saturated rings. The van der Waals surface area contributed by atoms with Crippen LogP contribution in [-0.2, 0) is 7.05 Å². The average Bonchev–Trinajstić information content (AvgIpc) is 3.16. The SMILES string of the molecule is Cc1cnc(-c2cc(Cl)c3ncsc3c2)c(-c2ccn(C)n2)n1. The third-order valence-electron chi connectivity index (χ3n) is 3.51. The summed E-state index contributed by atoms with van der Waals surface area (Å²) in [6, 6.07) is 5.86. The van der Waals surface area contributed by atoms with Crippen molar-refractivity contribution in [1.29, 1.82) is 0 Å². The number of rotatable bonds is 2. The molecule has 0 atom stereocenters. The number of fused-ring (bicyclic) bond motifs is 1. The lowest BCUT2D eigenvalue weighted by Gasteiger charge is -2.08. The van der Waals surface area contributed by atoms with E-state index < -0.39 is 0 Å². The zero-order valence-electron chi connectivity index (χ0n) is 12.5. The molecule has 3 heterocycles. The van der Waals surface area contributed by atoms with Crippen LogP contribution in [0.25, 0.3) is 32.9 Å². The third-order valence-corrected chi connectivity index (χ3v) is 4.58. The molecular formula is C16H12ClN5S. The van der Waals surface area contributed by atoms with Gasteiger partial charge in [-0.1, -0.05) is 11.6 Å². The van der Waals surface area contributed by atoms with Crippen molar-refractivity contribution >= 4 is 33.2 Å². The van der Waals surface area contributed by atoms with Gasteiger partial charge in [-0.2, -0.15) is 5.10 Å². The molecule has 23 heavy (non-hydrogen) atoms. The molecule has 114 valence electrons. The predicted octanol–water partition coefficient (Wildman–Crippen LogP) is 4.12. The van der Waals surface area contributed by atoms with Crippen molar-refractivity contribution in [2.75, 3.05) is 0 Å². The highest BCUT2D eigenvalue weighted by molar-refractivity contribution is 7.16. The van der Waals surface area contributed by atoms with E-state index in [0.717, 1.165) is 38.6 Å². The first-order valence-corrected chi connectivity index (χ1v) is 8.24. The third kappa shape index (κ3) is 2.50. The lowest BCUT2D eigenvalue weighted by atomic mass is 10.1. The number of thiazole rings is 1. The highest BCUT2D eigenvalue weighted by atomic mass is 35.5. The standard InChI is InChI=1S/C16H12ClN5S/c1-9-7-18-14(16(20-9)12-3-4-22(2)21-12)10-5-11(17)15-13(6-10)23-8-19-15/h3-8H,1-2H3. The van der Waals surface area contributed by atoms with Crippen molar-refractivity contribution in [3.8, 4) is 22.6 Å². The maximum Gasteiger partial charge on any atom is 0.117 e. The first-order chi connectivity index (χ1) is 11.1. The van der Waals surface area contributed by atoms with Crippen LogP contribution >= 0.6 is 22.9 Å². The lowest BCUT2D eigenvalue weighted by Crippen LogP contribution is -1.97. The van der Waals surface area contributed by atoms with Gasteiger partial charge in [-0.15, -0.1) is 11.3 Å². The molecular weight excluding hydrogens is 330 g/mol. The molecule has 5 nitrogen and oxygen atoms in total. The highest BCUT2D eigenvalue weighted by Crippen LogP contribution is 2.34. The van der Waals surface area contributed by atoms with E-state index in [9.17, 15) is 0 Å². The summed E-state index contributed by atoms with van der Waals surface area (Å²) in [5, 5.41) is 5.07. The van der Waals surface area contributed by atoms with Crippen molar-refractivity contribution in [3.63, 3.8) is 0 Å². The lowest BCUT2D eigenvalue weighted by molar-refractivity contribution is 0.769. The first kappa shape index (κ1) is 14.3. The van der Waals surface area contributed by atoms with Crippen LogP contribution in [0.3, 0.4) is 0 Å². The second-order valence-electron chi connectivity index (χ2n) is 5.24. The van der Waals surface area contributed by atoms with Crippen LogP contribution in [0.5, 0.6) is 0 Å². The summed E-state index contributed by atoms with van der Waals surface area (Å²) in [5.74, 6) is 0. The molecule has 4 rings (SSSR count). The Kier molecular flexibility index (Phi) is 3.36. The number of nitrogens with zero attached hydrogens (tertiary/aromatic N) is 5. The monoisotopic (exact) mass is 341 g/mol. The van der Waals surface area contributed by atoms with Crippen molar-refractivity contribution < 1.29 is 0 Å². The molecule has 4 aromatic rings. The van der Waals surface area contributed by atoms with Crippen LogP contribution in [0, 0.1) is 6.92 Å². The number of aromatic nitrogens is 5. The van der Waals surface area contributed by atoms with E-state index >= 15 is 0 Å². The molecule has 7 heteroatoms. The van der Waals surface area contributed by atoms with Gasteiger partial charge in [-0.3, -0.25) is 9.67 Å². The van der Waals surface area contributed by atoms with Crippen molar-refractivity contribution in [1.82, 2.24) is 24.7 Å². The van der Waals surface area contributed by atoms with E-state index in [1.165, 1.54) is 0 Å². The van der Waals surface area contributed by atoms with Gasteiger partial charge in [-0.25, -0.2) is 9.97 Å². The van der Waals surface area contributed by atoms with Gasteiger partial charge >= 0.3 is 0 Å². The Labute approximate surface area is 141 Å². The van der Waals surface area contributed by atoms with E-state index in [1.54, 1.807) is 27.7 Å². The van der Waals surface area contributed by atoms with Gasteiger partial charge in [0.1, 0.15) is 11.4 Å². The maximum atomic E-state index is 6.36. The fourth-order valence-corrected chi connectivity index (χ4v) is 3.54. The van der Waals surface area contributed by atoms with Gasteiger partial charge in [0.15, 0.2) is 0 Å². The van der Waals surface area contributed by atoms with Gasteiger partial charge in [-0.05, 0) is 25.1 Å². The fourth-order valence-electron chi connectivity index (χ4n) is 2.47. The summed E-state index contributed by atoms with van der Waals surface area (Å²) < 4.78 is 2.78. The Morgan fingerprint density at radius 3 is 2.83 bits per heavy atom. The normalized spacial score (nSPS) is 11.3. The number of hydrogen-bond donors (Lipinski definition) is 0. The molecule has 0 bridgehead atoms. The number of hydrogen-bond acceptors (Lipinski definition) is 5. The van der Waals surface area contributed by atoms with Crippen LogP contribution in [0.1, 0.15) is 5.69 Å². The van der Waals surface area contributed by atoms with Crippen LogP contribution < -0.4 is 0 Å². The van der Waals surface area contributed by atoms with Gasteiger partial charge in [0.05, 0.1) is 32.1 Å². The molecule has 0 N–H and O–H groups in total. The molecule has 0 saturated heterocycles. The highest BCUT2D eigenvalue weighted by Gasteiger charge is 2.16. The van der Waals surface area contributed by atoms with Crippen molar-refractivity contribution in [2.24, 2.45) is 7.05 Å². The fraction of sp³-hybridized carbons (Fsp3) is 0.125. The minimum absolute atomic E-state index is 0.619. The van der Waals surface area contributed by atoms with Crippen molar-refractivity contribution in [2.45, 2.75) is 6.92 Å². The molecule has 0 aliphatic carbocycles. The maximum absolute atomic E-state index is 6.36. The predicted molar refractivity (Wildman–Crippen MR) is 92.6 cm³/mol. The first-order valence-electron chi connectivity index (χ1n) is 6.98. The Bertz CT molecular complexity index is 1020. The summed E-state index contributed by atoms with van der Waals surface area (Å²) >= 11 is 7.92. The van der Waals surface area contributed by atoms with Crippen LogP contribution in [0.15, 0.2) is 36.1 Å². The van der Waals surface area contributed by atoms with Gasteiger partial charge in [0.25, 0.3) is 0 Å². The topological polar surface area (TPSA) is 56.5 Å². The molecule has 0 unspecified atom stereocenters. The van der Waals surface area contributed by atoms with Crippen molar-refractivity contribution in [3.05, 3.63) is 46.8 Å². The van der Waals surface area contributed by atoms with E-state index in [0.29, 0.717) is 5.02 Å². The van der Waals surface area contributed by atoms with Crippen LogP contribution in [0.2, 0.25) is 5.02 Å².